The molecular formula is C22H35F3N2O4S. The molecule has 0 heterocycles. The van der Waals surface area contributed by atoms with Crippen molar-refractivity contribution < 1.29 is 31.8 Å². The van der Waals surface area contributed by atoms with Gasteiger partial charge in [0.25, 0.3) is 0 Å². The van der Waals surface area contributed by atoms with Crippen LogP contribution in [-0.2, 0) is 16.2 Å². The number of unbranched alkanes of at least 4 members (excludes halogenated alkanes) is 1. The van der Waals surface area contributed by atoms with Crippen molar-refractivity contribution in [2.24, 2.45) is 5.92 Å². The number of hydrogen-bond acceptors (Lipinski definition) is 5. The van der Waals surface area contributed by atoms with E-state index in [1.165, 1.54) is 11.4 Å². The number of nitrogens with zero attached hydrogens (tertiary/aromatic N) is 2. The lowest BCUT2D eigenvalue weighted by atomic mass is 9.83. The van der Waals surface area contributed by atoms with Gasteiger partial charge in [-0.2, -0.15) is 17.5 Å². The van der Waals surface area contributed by atoms with Gasteiger partial charge in [0.05, 0.1) is 23.7 Å². The minimum Gasteiger partial charge on any atom is -0.395 e. The van der Waals surface area contributed by atoms with E-state index >= 15 is 0 Å². The number of halogens is 3. The first-order valence-corrected chi connectivity index (χ1v) is 12.6. The van der Waals surface area contributed by atoms with E-state index < -0.39 is 21.8 Å². The summed E-state index contributed by atoms with van der Waals surface area (Å²) in [6, 6.07) is 3.51. The van der Waals surface area contributed by atoms with E-state index in [1.807, 2.05) is 4.90 Å². The Morgan fingerprint density at radius 2 is 1.50 bits per heavy atom. The zero-order valence-electron chi connectivity index (χ0n) is 18.6. The van der Waals surface area contributed by atoms with Gasteiger partial charge in [0.2, 0.25) is 10.0 Å². The second-order valence-corrected chi connectivity index (χ2v) is 10.5. The Morgan fingerprint density at radius 1 is 0.938 bits per heavy atom. The maximum absolute atomic E-state index is 12.9. The van der Waals surface area contributed by atoms with Crippen LogP contribution >= 0.6 is 0 Å². The summed E-state index contributed by atoms with van der Waals surface area (Å²) in [5, 5.41) is 18.1. The highest BCUT2D eigenvalue weighted by Gasteiger charge is 2.33. The minimum absolute atomic E-state index is 0.0763. The summed E-state index contributed by atoms with van der Waals surface area (Å²) < 4.78 is 65.3. The van der Waals surface area contributed by atoms with E-state index in [2.05, 4.69) is 0 Å². The van der Waals surface area contributed by atoms with Crippen molar-refractivity contribution in [1.82, 2.24) is 9.21 Å². The molecule has 2 rings (SSSR count). The number of sulfonamides is 1. The molecule has 184 valence electrons. The summed E-state index contributed by atoms with van der Waals surface area (Å²) in [6.07, 6.45) is 1.93. The van der Waals surface area contributed by atoms with E-state index in [1.54, 1.807) is 0 Å². The zero-order valence-corrected chi connectivity index (χ0v) is 19.4. The van der Waals surface area contributed by atoms with Crippen molar-refractivity contribution in [3.63, 3.8) is 0 Å². The third kappa shape index (κ3) is 7.69. The highest BCUT2D eigenvalue weighted by atomic mass is 32.2. The van der Waals surface area contributed by atoms with Crippen molar-refractivity contribution in [1.29, 1.82) is 0 Å². The molecule has 10 heteroatoms. The topological polar surface area (TPSA) is 81.1 Å². The van der Waals surface area contributed by atoms with Crippen LogP contribution in [0.15, 0.2) is 29.2 Å². The monoisotopic (exact) mass is 480 g/mol. The molecular weight excluding hydrogens is 445 g/mol. The van der Waals surface area contributed by atoms with E-state index in [4.69, 9.17) is 10.2 Å². The molecule has 0 bridgehead atoms. The lowest BCUT2D eigenvalue weighted by molar-refractivity contribution is -0.137. The fourth-order valence-electron chi connectivity index (χ4n) is 4.36. The molecule has 0 saturated heterocycles. The highest BCUT2D eigenvalue weighted by molar-refractivity contribution is 7.89. The van der Waals surface area contributed by atoms with Crippen LogP contribution in [0.5, 0.6) is 0 Å². The van der Waals surface area contributed by atoms with Gasteiger partial charge in [0.1, 0.15) is 0 Å². The third-order valence-corrected chi connectivity index (χ3v) is 8.28. The molecule has 0 unspecified atom stereocenters. The van der Waals surface area contributed by atoms with Gasteiger partial charge in [-0.15, -0.1) is 0 Å². The SMILES string of the molecule is CN([C@H]1CC[C@H](CCCCN(CCO)CCO)CC1)S(=O)(=O)c1ccc(C(F)(F)F)cc1. The highest BCUT2D eigenvalue weighted by Crippen LogP contribution is 2.34. The molecule has 0 amide bonds. The molecule has 0 aliphatic heterocycles. The van der Waals surface area contributed by atoms with Crippen LogP contribution in [0.2, 0.25) is 0 Å². The largest absolute Gasteiger partial charge is 0.416 e. The summed E-state index contributed by atoms with van der Waals surface area (Å²) >= 11 is 0. The van der Waals surface area contributed by atoms with Gasteiger partial charge in [-0.1, -0.05) is 12.8 Å². The second-order valence-electron chi connectivity index (χ2n) is 8.50. The number of benzene rings is 1. The zero-order chi connectivity index (χ0) is 23.8. The Labute approximate surface area is 189 Å². The maximum atomic E-state index is 12.9. The van der Waals surface area contributed by atoms with Gasteiger partial charge in [-0.25, -0.2) is 8.42 Å². The summed E-state index contributed by atoms with van der Waals surface area (Å²) in [5.74, 6) is 0.539. The Bertz CT molecular complexity index is 773. The van der Waals surface area contributed by atoms with Crippen LogP contribution in [0.4, 0.5) is 13.2 Å². The molecule has 0 aromatic heterocycles. The van der Waals surface area contributed by atoms with Gasteiger partial charge in [-0.3, -0.25) is 4.90 Å². The predicted molar refractivity (Wildman–Crippen MR) is 117 cm³/mol. The van der Waals surface area contributed by atoms with Crippen molar-refractivity contribution >= 4 is 10.0 Å². The van der Waals surface area contributed by atoms with Gasteiger partial charge in [0.15, 0.2) is 0 Å². The van der Waals surface area contributed by atoms with Gasteiger partial charge >= 0.3 is 6.18 Å². The van der Waals surface area contributed by atoms with E-state index in [0.29, 0.717) is 19.0 Å². The van der Waals surface area contributed by atoms with Crippen LogP contribution in [0, 0.1) is 5.92 Å². The van der Waals surface area contributed by atoms with Crippen LogP contribution in [-0.4, -0.2) is 73.8 Å². The third-order valence-electron chi connectivity index (χ3n) is 6.36. The molecule has 2 N–H and O–H groups in total. The Morgan fingerprint density at radius 3 is 2.00 bits per heavy atom. The first-order valence-electron chi connectivity index (χ1n) is 11.2. The van der Waals surface area contributed by atoms with Crippen molar-refractivity contribution in [3.8, 4) is 0 Å². The molecule has 1 aliphatic rings. The van der Waals surface area contributed by atoms with E-state index in [-0.39, 0.29) is 24.2 Å². The Kier molecular flexibility index (Phi) is 10.4. The standard InChI is InChI=1S/C22H35F3N2O4S/c1-26(32(30,31)21-11-7-19(8-12-21)22(23,24)25)20-9-5-18(6-10-20)4-2-3-13-27(14-16-28)15-17-29/h7-8,11-12,18,20,28-29H,2-6,9-10,13-17H2,1H3/t18-,20-. The van der Waals surface area contributed by atoms with E-state index in [0.717, 1.165) is 75.8 Å². The summed E-state index contributed by atoms with van der Waals surface area (Å²) in [5.41, 5.74) is -0.865. The molecule has 1 aromatic carbocycles. The number of alkyl halides is 3. The molecule has 32 heavy (non-hydrogen) atoms. The molecule has 1 aliphatic carbocycles. The van der Waals surface area contributed by atoms with E-state index in [9.17, 15) is 21.6 Å². The fourth-order valence-corrected chi connectivity index (χ4v) is 5.78. The fraction of sp³-hybridized carbons (Fsp3) is 0.727. The normalized spacial score (nSPS) is 20.2. The molecule has 0 atom stereocenters. The van der Waals surface area contributed by atoms with Crippen molar-refractivity contribution in [2.75, 3.05) is 39.9 Å². The molecule has 1 aromatic rings. The summed E-state index contributed by atoms with van der Waals surface area (Å²) in [7, 11) is -2.33. The number of hydrogen-bond donors (Lipinski definition) is 2. The average molecular weight is 481 g/mol. The first kappa shape index (κ1) is 27.0. The van der Waals surface area contributed by atoms with Crippen LogP contribution in [0.3, 0.4) is 0 Å². The van der Waals surface area contributed by atoms with Gasteiger partial charge < -0.3 is 10.2 Å². The Hall–Kier alpha value is -1.20. The maximum Gasteiger partial charge on any atom is 0.416 e. The molecule has 6 nitrogen and oxygen atoms in total. The average Bonchev–Trinajstić information content (AvgIpc) is 2.76. The lowest BCUT2D eigenvalue weighted by Crippen LogP contribution is -2.39. The predicted octanol–water partition coefficient (Wildman–Crippen LogP) is 3.34. The second kappa shape index (κ2) is 12.3. The number of aliphatic hydroxyl groups excluding tert-OH is 2. The molecule has 0 spiro atoms. The van der Waals surface area contributed by atoms with Gasteiger partial charge in [0, 0.05) is 26.2 Å². The first-order chi connectivity index (χ1) is 15.1. The van der Waals surface area contributed by atoms with Crippen molar-refractivity contribution in [2.45, 2.75) is 62.1 Å². The number of aliphatic hydroxyl groups is 2. The van der Waals surface area contributed by atoms with Crippen LogP contribution in [0.1, 0.15) is 50.5 Å². The summed E-state index contributed by atoms with van der Waals surface area (Å²) in [6.45, 7) is 2.11. The lowest BCUT2D eigenvalue weighted by Gasteiger charge is -2.34. The van der Waals surface area contributed by atoms with Crippen LogP contribution in [0.25, 0.3) is 0 Å². The number of rotatable bonds is 12. The minimum atomic E-state index is -4.50. The Balaban J connectivity index is 1.81. The van der Waals surface area contributed by atoms with Crippen molar-refractivity contribution in [3.05, 3.63) is 29.8 Å². The quantitative estimate of drug-likeness (QED) is 0.449. The molecule has 1 fully saturated rings. The van der Waals surface area contributed by atoms with Crippen LogP contribution < -0.4 is 0 Å². The smallest absolute Gasteiger partial charge is 0.395 e. The molecule has 0 radical (unpaired) electrons. The summed E-state index contributed by atoms with van der Waals surface area (Å²) in [4.78, 5) is 1.92. The van der Waals surface area contributed by atoms with Gasteiger partial charge in [-0.05, 0) is 68.8 Å². The molecule has 1 saturated carbocycles.